The SMILES string of the molecule is C=C1NC2=C(C(=O)CC(C)(C)C2)C(c2ccc(Cl)cc2)C1C#N. The number of rotatable bonds is 1. The molecular weight excluding hydrogens is 308 g/mol. The van der Waals surface area contributed by atoms with Crippen molar-refractivity contribution in [2.75, 3.05) is 0 Å². The fraction of sp³-hybridized carbons (Fsp3) is 0.368. The second-order valence-electron chi connectivity index (χ2n) is 7.12. The molecule has 0 amide bonds. The maximum atomic E-state index is 12.8. The minimum Gasteiger partial charge on any atom is -0.361 e. The van der Waals surface area contributed by atoms with E-state index in [-0.39, 0.29) is 17.1 Å². The largest absolute Gasteiger partial charge is 0.361 e. The highest BCUT2D eigenvalue weighted by Crippen LogP contribution is 2.47. The van der Waals surface area contributed by atoms with Crippen LogP contribution in [-0.2, 0) is 4.79 Å². The molecule has 1 aliphatic heterocycles. The Bertz CT molecular complexity index is 753. The molecule has 3 nitrogen and oxygen atoms in total. The minimum atomic E-state index is -0.458. The summed E-state index contributed by atoms with van der Waals surface area (Å²) in [5, 5.41) is 13.5. The van der Waals surface area contributed by atoms with Crippen molar-refractivity contribution in [3.8, 4) is 6.07 Å². The molecule has 1 aliphatic carbocycles. The van der Waals surface area contributed by atoms with Crippen LogP contribution in [0.5, 0.6) is 0 Å². The van der Waals surface area contributed by atoms with E-state index in [2.05, 4.69) is 31.8 Å². The number of allylic oxidation sites excluding steroid dienone is 3. The number of benzene rings is 1. The summed E-state index contributed by atoms with van der Waals surface area (Å²) >= 11 is 5.98. The van der Waals surface area contributed by atoms with E-state index in [0.717, 1.165) is 23.3 Å². The summed E-state index contributed by atoms with van der Waals surface area (Å²) in [6.45, 7) is 8.20. The topological polar surface area (TPSA) is 52.9 Å². The molecule has 3 rings (SSSR count). The summed E-state index contributed by atoms with van der Waals surface area (Å²) in [7, 11) is 0. The number of hydrogen-bond donors (Lipinski definition) is 1. The van der Waals surface area contributed by atoms with Crippen LogP contribution in [0.25, 0.3) is 0 Å². The molecular formula is C19H19ClN2O. The molecule has 2 unspecified atom stereocenters. The molecule has 118 valence electrons. The first-order valence-electron chi connectivity index (χ1n) is 7.69. The molecule has 23 heavy (non-hydrogen) atoms. The lowest BCUT2D eigenvalue weighted by molar-refractivity contribution is -0.118. The molecule has 1 N–H and O–H groups in total. The molecule has 1 heterocycles. The van der Waals surface area contributed by atoms with E-state index in [0.29, 0.717) is 17.1 Å². The number of ketones is 1. The Morgan fingerprint density at radius 1 is 1.30 bits per heavy atom. The Kier molecular flexibility index (Phi) is 3.82. The van der Waals surface area contributed by atoms with Gasteiger partial charge in [0.25, 0.3) is 0 Å². The van der Waals surface area contributed by atoms with Crippen molar-refractivity contribution in [1.29, 1.82) is 5.26 Å². The van der Waals surface area contributed by atoms with Crippen molar-refractivity contribution >= 4 is 17.4 Å². The van der Waals surface area contributed by atoms with Crippen LogP contribution in [0.1, 0.15) is 38.2 Å². The smallest absolute Gasteiger partial charge is 0.161 e. The van der Waals surface area contributed by atoms with E-state index >= 15 is 0 Å². The molecule has 1 aromatic rings. The number of carbonyl (C=O) groups is 1. The number of hydrogen-bond acceptors (Lipinski definition) is 3. The lowest BCUT2D eigenvalue weighted by atomic mass is 9.67. The molecule has 0 bridgehead atoms. The van der Waals surface area contributed by atoms with Gasteiger partial charge >= 0.3 is 0 Å². The highest BCUT2D eigenvalue weighted by Gasteiger charge is 2.43. The normalized spacial score (nSPS) is 26.3. The summed E-state index contributed by atoms with van der Waals surface area (Å²) < 4.78 is 0. The fourth-order valence-electron chi connectivity index (χ4n) is 3.63. The lowest BCUT2D eigenvalue weighted by Gasteiger charge is -2.41. The Morgan fingerprint density at radius 2 is 1.96 bits per heavy atom. The standard InChI is InChI=1S/C19H19ClN2O/c1-11-14(10-21)17(12-4-6-13(20)7-5-12)18-15(22-11)8-19(2,3)9-16(18)23/h4-7,14,17,22H,1,8-9H2,2-3H3. The zero-order valence-electron chi connectivity index (χ0n) is 13.3. The van der Waals surface area contributed by atoms with E-state index in [1.807, 2.05) is 12.1 Å². The number of Topliss-reactive ketones (excluding diaryl/α,β-unsaturated/α-hetero) is 1. The summed E-state index contributed by atoms with van der Waals surface area (Å²) in [6, 6.07) is 9.70. The Hall–Kier alpha value is -2.05. The van der Waals surface area contributed by atoms with E-state index < -0.39 is 5.92 Å². The van der Waals surface area contributed by atoms with Gasteiger partial charge in [0.15, 0.2) is 5.78 Å². The highest BCUT2D eigenvalue weighted by molar-refractivity contribution is 6.30. The first kappa shape index (κ1) is 15.8. The summed E-state index contributed by atoms with van der Waals surface area (Å²) in [5.74, 6) is -0.610. The molecule has 1 aromatic carbocycles. The van der Waals surface area contributed by atoms with Gasteiger partial charge in [-0.1, -0.05) is 44.2 Å². The first-order chi connectivity index (χ1) is 10.8. The Morgan fingerprint density at radius 3 is 2.57 bits per heavy atom. The van der Waals surface area contributed by atoms with Gasteiger partial charge in [-0.3, -0.25) is 4.79 Å². The Labute approximate surface area is 141 Å². The predicted molar refractivity (Wildman–Crippen MR) is 90.6 cm³/mol. The number of nitriles is 1. The average Bonchev–Trinajstić information content (AvgIpc) is 2.45. The molecule has 0 saturated heterocycles. The van der Waals surface area contributed by atoms with Gasteiger partial charge < -0.3 is 5.32 Å². The van der Waals surface area contributed by atoms with Gasteiger partial charge in [0.2, 0.25) is 0 Å². The average molecular weight is 327 g/mol. The third-order valence-electron chi connectivity index (χ3n) is 4.62. The number of nitrogens with one attached hydrogen (secondary N) is 1. The maximum absolute atomic E-state index is 12.8. The Balaban J connectivity index is 2.16. The van der Waals surface area contributed by atoms with E-state index in [9.17, 15) is 10.1 Å². The van der Waals surface area contributed by atoms with Gasteiger partial charge in [-0.15, -0.1) is 0 Å². The second kappa shape index (κ2) is 5.54. The molecule has 0 radical (unpaired) electrons. The van der Waals surface area contributed by atoms with Crippen molar-refractivity contribution in [2.24, 2.45) is 11.3 Å². The van der Waals surface area contributed by atoms with Crippen LogP contribution in [-0.4, -0.2) is 5.78 Å². The zero-order chi connectivity index (χ0) is 16.8. The van der Waals surface area contributed by atoms with E-state index in [1.165, 1.54) is 0 Å². The van der Waals surface area contributed by atoms with Gasteiger partial charge in [0, 0.05) is 34.3 Å². The van der Waals surface area contributed by atoms with Crippen molar-refractivity contribution in [3.63, 3.8) is 0 Å². The second-order valence-corrected chi connectivity index (χ2v) is 7.56. The van der Waals surface area contributed by atoms with Crippen LogP contribution in [0, 0.1) is 22.7 Å². The maximum Gasteiger partial charge on any atom is 0.161 e. The van der Waals surface area contributed by atoms with Gasteiger partial charge in [-0.2, -0.15) is 5.26 Å². The monoisotopic (exact) mass is 326 g/mol. The molecule has 0 saturated carbocycles. The molecule has 4 heteroatoms. The van der Waals surface area contributed by atoms with Crippen molar-refractivity contribution < 1.29 is 4.79 Å². The number of carbonyl (C=O) groups excluding carboxylic acids is 1. The van der Waals surface area contributed by atoms with Crippen LogP contribution in [0.15, 0.2) is 47.8 Å². The zero-order valence-corrected chi connectivity index (χ0v) is 14.1. The molecule has 0 fully saturated rings. The lowest BCUT2D eigenvalue weighted by Crippen LogP contribution is -2.40. The van der Waals surface area contributed by atoms with Crippen LogP contribution in [0.3, 0.4) is 0 Å². The summed E-state index contributed by atoms with van der Waals surface area (Å²) in [6.07, 6.45) is 1.29. The van der Waals surface area contributed by atoms with Crippen molar-refractivity contribution in [3.05, 3.63) is 58.4 Å². The van der Waals surface area contributed by atoms with Crippen LogP contribution in [0.2, 0.25) is 5.02 Å². The summed E-state index contributed by atoms with van der Waals surface area (Å²) in [4.78, 5) is 12.8. The highest BCUT2D eigenvalue weighted by atomic mass is 35.5. The predicted octanol–water partition coefficient (Wildman–Crippen LogP) is 4.32. The first-order valence-corrected chi connectivity index (χ1v) is 8.07. The molecule has 2 aliphatic rings. The van der Waals surface area contributed by atoms with Gasteiger partial charge in [0.05, 0.1) is 12.0 Å². The molecule has 0 spiro atoms. The van der Waals surface area contributed by atoms with Crippen molar-refractivity contribution in [1.82, 2.24) is 5.32 Å². The summed E-state index contributed by atoms with van der Waals surface area (Å²) in [5.41, 5.74) is 3.18. The molecule has 0 aromatic heterocycles. The van der Waals surface area contributed by atoms with Crippen molar-refractivity contribution in [2.45, 2.75) is 32.6 Å². The van der Waals surface area contributed by atoms with Gasteiger partial charge in [-0.05, 0) is 29.5 Å². The fourth-order valence-corrected chi connectivity index (χ4v) is 3.75. The molecule has 2 atom stereocenters. The van der Waals surface area contributed by atoms with Crippen LogP contribution in [0.4, 0.5) is 0 Å². The van der Waals surface area contributed by atoms with Crippen LogP contribution < -0.4 is 5.32 Å². The van der Waals surface area contributed by atoms with Gasteiger partial charge in [0.1, 0.15) is 0 Å². The minimum absolute atomic E-state index is 0.0762. The number of halogens is 1. The number of nitrogens with zero attached hydrogens (tertiary/aromatic N) is 1. The third kappa shape index (κ3) is 2.80. The van der Waals surface area contributed by atoms with E-state index in [4.69, 9.17) is 11.6 Å². The van der Waals surface area contributed by atoms with E-state index in [1.54, 1.807) is 12.1 Å². The third-order valence-corrected chi connectivity index (χ3v) is 4.87. The van der Waals surface area contributed by atoms with Gasteiger partial charge in [-0.25, -0.2) is 0 Å². The van der Waals surface area contributed by atoms with Crippen LogP contribution >= 0.6 is 11.6 Å². The quantitative estimate of drug-likeness (QED) is 0.836.